The van der Waals surface area contributed by atoms with E-state index in [0.29, 0.717) is 0 Å². The van der Waals surface area contributed by atoms with E-state index in [1.54, 1.807) is 12.1 Å². The summed E-state index contributed by atoms with van der Waals surface area (Å²) in [5.41, 5.74) is 1.82. The van der Waals surface area contributed by atoms with Gasteiger partial charge in [-0.3, -0.25) is 0 Å². The first kappa shape index (κ1) is 15.6. The van der Waals surface area contributed by atoms with Crippen LogP contribution in [0.15, 0.2) is 42.5 Å². The lowest BCUT2D eigenvalue weighted by atomic mass is 10.1. The van der Waals surface area contributed by atoms with Crippen LogP contribution < -0.4 is 10.1 Å². The van der Waals surface area contributed by atoms with Crippen LogP contribution in [-0.2, 0) is 0 Å². The van der Waals surface area contributed by atoms with Crippen molar-refractivity contribution in [3.05, 3.63) is 58.9 Å². The van der Waals surface area contributed by atoms with Crippen molar-refractivity contribution in [2.75, 3.05) is 5.32 Å². The van der Waals surface area contributed by atoms with Gasteiger partial charge in [0.25, 0.3) is 0 Å². The molecule has 2 nitrogen and oxygen atoms in total. The second kappa shape index (κ2) is 6.81. The number of benzene rings is 2. The third-order valence-corrected chi connectivity index (χ3v) is 3.36. The second-order valence-electron chi connectivity index (χ2n) is 5.20. The van der Waals surface area contributed by atoms with Gasteiger partial charge in [-0.1, -0.05) is 29.8 Å². The summed E-state index contributed by atoms with van der Waals surface area (Å²) in [7, 11) is 0. The van der Waals surface area contributed by atoms with E-state index in [4.69, 9.17) is 16.3 Å². The third kappa shape index (κ3) is 4.11. The molecule has 0 fully saturated rings. The van der Waals surface area contributed by atoms with Crippen LogP contribution in [0.4, 0.5) is 10.1 Å². The monoisotopic (exact) mass is 307 g/mol. The minimum Gasteiger partial charge on any atom is -0.489 e. The van der Waals surface area contributed by atoms with E-state index in [2.05, 4.69) is 5.32 Å². The molecule has 0 aromatic heterocycles. The van der Waals surface area contributed by atoms with Crippen LogP contribution in [0, 0.1) is 5.82 Å². The van der Waals surface area contributed by atoms with Crippen molar-refractivity contribution < 1.29 is 9.13 Å². The summed E-state index contributed by atoms with van der Waals surface area (Å²) in [4.78, 5) is 0. The highest BCUT2D eigenvalue weighted by atomic mass is 35.5. The number of para-hydroxylation sites is 2. The molecule has 0 saturated heterocycles. The van der Waals surface area contributed by atoms with Gasteiger partial charge in [0, 0.05) is 6.04 Å². The molecule has 0 aliphatic rings. The molecule has 0 radical (unpaired) electrons. The van der Waals surface area contributed by atoms with Crippen LogP contribution in [0.3, 0.4) is 0 Å². The second-order valence-corrected chi connectivity index (χ2v) is 5.61. The van der Waals surface area contributed by atoms with Crippen molar-refractivity contribution in [2.45, 2.75) is 32.9 Å². The Kier molecular flexibility index (Phi) is 5.07. The lowest BCUT2D eigenvalue weighted by molar-refractivity contribution is 0.243. The SMILES string of the molecule is CC(C)Oc1ccccc1NC(C)c1ccc(F)c(Cl)c1. The van der Waals surface area contributed by atoms with Gasteiger partial charge in [0.2, 0.25) is 0 Å². The van der Waals surface area contributed by atoms with Crippen LogP contribution in [0.1, 0.15) is 32.4 Å². The lowest BCUT2D eigenvalue weighted by Gasteiger charge is -2.20. The predicted octanol–water partition coefficient (Wildman–Crippen LogP) is 5.44. The maximum absolute atomic E-state index is 13.2. The van der Waals surface area contributed by atoms with E-state index < -0.39 is 5.82 Å². The highest BCUT2D eigenvalue weighted by molar-refractivity contribution is 6.30. The molecule has 4 heteroatoms. The Morgan fingerprint density at radius 3 is 2.48 bits per heavy atom. The maximum Gasteiger partial charge on any atom is 0.142 e. The Morgan fingerprint density at radius 1 is 1.10 bits per heavy atom. The molecule has 1 unspecified atom stereocenters. The first-order valence-electron chi connectivity index (χ1n) is 6.94. The third-order valence-electron chi connectivity index (χ3n) is 3.07. The summed E-state index contributed by atoms with van der Waals surface area (Å²) in [6.07, 6.45) is 0.100. The molecule has 0 aliphatic carbocycles. The molecule has 2 aromatic rings. The topological polar surface area (TPSA) is 21.3 Å². The summed E-state index contributed by atoms with van der Waals surface area (Å²) in [5, 5.41) is 3.51. The number of nitrogens with one attached hydrogen (secondary N) is 1. The molecule has 0 spiro atoms. The first-order valence-corrected chi connectivity index (χ1v) is 7.32. The summed E-state index contributed by atoms with van der Waals surface area (Å²) in [6.45, 7) is 5.97. The molecule has 1 atom stereocenters. The van der Waals surface area contributed by atoms with E-state index in [9.17, 15) is 4.39 Å². The van der Waals surface area contributed by atoms with Gasteiger partial charge in [-0.05, 0) is 50.6 Å². The van der Waals surface area contributed by atoms with Gasteiger partial charge in [-0.2, -0.15) is 0 Å². The molecule has 0 bridgehead atoms. The number of ether oxygens (including phenoxy) is 1. The van der Waals surface area contributed by atoms with Crippen molar-refractivity contribution >= 4 is 17.3 Å². The smallest absolute Gasteiger partial charge is 0.142 e. The molecule has 0 saturated carbocycles. The van der Waals surface area contributed by atoms with E-state index in [1.165, 1.54) is 6.07 Å². The highest BCUT2D eigenvalue weighted by Gasteiger charge is 2.11. The fourth-order valence-electron chi connectivity index (χ4n) is 2.04. The Morgan fingerprint density at radius 2 is 1.81 bits per heavy atom. The Hall–Kier alpha value is -1.74. The minimum atomic E-state index is -0.406. The lowest BCUT2D eigenvalue weighted by Crippen LogP contribution is -2.11. The number of anilines is 1. The average Bonchev–Trinajstić information content (AvgIpc) is 2.43. The van der Waals surface area contributed by atoms with Gasteiger partial charge in [0.1, 0.15) is 11.6 Å². The summed E-state index contributed by atoms with van der Waals surface area (Å²) >= 11 is 5.83. The number of halogens is 2. The highest BCUT2D eigenvalue weighted by Crippen LogP contribution is 2.30. The molecule has 2 aromatic carbocycles. The van der Waals surface area contributed by atoms with E-state index in [1.807, 2.05) is 45.0 Å². The standard InChI is InChI=1S/C17H19ClFNO/c1-11(2)21-17-7-5-4-6-16(17)20-12(3)13-8-9-15(19)14(18)10-13/h4-12,20H,1-3H3. The Balaban J connectivity index is 2.19. The molecule has 0 aliphatic heterocycles. The molecular formula is C17H19ClFNO. The maximum atomic E-state index is 13.2. The number of hydrogen-bond donors (Lipinski definition) is 1. The summed E-state index contributed by atoms with van der Waals surface area (Å²) in [6, 6.07) is 12.5. The minimum absolute atomic E-state index is 0.0139. The predicted molar refractivity (Wildman–Crippen MR) is 85.7 cm³/mol. The summed E-state index contributed by atoms with van der Waals surface area (Å²) < 4.78 is 19.0. The van der Waals surface area contributed by atoms with Gasteiger partial charge in [-0.25, -0.2) is 4.39 Å². The van der Waals surface area contributed by atoms with Crippen molar-refractivity contribution in [1.29, 1.82) is 0 Å². The number of hydrogen-bond acceptors (Lipinski definition) is 2. The largest absolute Gasteiger partial charge is 0.489 e. The molecule has 0 heterocycles. The van der Waals surface area contributed by atoms with Crippen LogP contribution in [-0.4, -0.2) is 6.10 Å². The van der Waals surface area contributed by atoms with Crippen LogP contribution >= 0.6 is 11.6 Å². The van der Waals surface area contributed by atoms with Crippen molar-refractivity contribution in [3.8, 4) is 5.75 Å². The molecule has 21 heavy (non-hydrogen) atoms. The molecule has 1 N–H and O–H groups in total. The Labute approximate surface area is 129 Å². The zero-order valence-electron chi connectivity index (χ0n) is 12.4. The quantitative estimate of drug-likeness (QED) is 0.794. The fourth-order valence-corrected chi connectivity index (χ4v) is 2.23. The van der Waals surface area contributed by atoms with Crippen LogP contribution in [0.2, 0.25) is 5.02 Å². The molecule has 112 valence electrons. The van der Waals surface area contributed by atoms with Crippen molar-refractivity contribution in [3.63, 3.8) is 0 Å². The average molecular weight is 308 g/mol. The van der Waals surface area contributed by atoms with Gasteiger partial charge >= 0.3 is 0 Å². The zero-order chi connectivity index (χ0) is 15.4. The normalized spacial score (nSPS) is 12.3. The van der Waals surface area contributed by atoms with Crippen LogP contribution in [0.5, 0.6) is 5.75 Å². The molecular weight excluding hydrogens is 289 g/mol. The Bertz CT molecular complexity index is 615. The fraction of sp³-hybridized carbons (Fsp3) is 0.294. The zero-order valence-corrected chi connectivity index (χ0v) is 13.1. The van der Waals surface area contributed by atoms with Crippen LogP contribution in [0.25, 0.3) is 0 Å². The van der Waals surface area contributed by atoms with Gasteiger partial charge in [0.15, 0.2) is 0 Å². The van der Waals surface area contributed by atoms with Crippen molar-refractivity contribution in [2.24, 2.45) is 0 Å². The van der Waals surface area contributed by atoms with E-state index in [-0.39, 0.29) is 17.2 Å². The van der Waals surface area contributed by atoms with Gasteiger partial charge < -0.3 is 10.1 Å². The molecule has 0 amide bonds. The molecule has 2 rings (SSSR count). The number of rotatable bonds is 5. The van der Waals surface area contributed by atoms with Gasteiger partial charge in [0.05, 0.1) is 16.8 Å². The van der Waals surface area contributed by atoms with E-state index >= 15 is 0 Å². The first-order chi connectivity index (χ1) is 9.97. The van der Waals surface area contributed by atoms with Crippen molar-refractivity contribution in [1.82, 2.24) is 0 Å². The van der Waals surface area contributed by atoms with Gasteiger partial charge in [-0.15, -0.1) is 0 Å². The van der Waals surface area contributed by atoms with E-state index in [0.717, 1.165) is 17.0 Å². The summed E-state index contributed by atoms with van der Waals surface area (Å²) in [5.74, 6) is 0.392.